The van der Waals surface area contributed by atoms with Gasteiger partial charge in [0.05, 0.1) is 0 Å². The van der Waals surface area contributed by atoms with Gasteiger partial charge in [0.15, 0.2) is 0 Å². The van der Waals surface area contributed by atoms with Gasteiger partial charge in [0.25, 0.3) is 0 Å². The Morgan fingerprint density at radius 1 is 0.444 bits per heavy atom. The second kappa shape index (κ2) is 5.28. The molecule has 92 valence electrons. The fourth-order valence-corrected chi connectivity index (χ4v) is 5.48. The van der Waals surface area contributed by atoms with Gasteiger partial charge in [-0.05, 0) is 0 Å². The summed E-state index contributed by atoms with van der Waals surface area (Å²) in [5, 5.41) is 0. The van der Waals surface area contributed by atoms with Crippen LogP contribution in [-0.2, 0) is 0 Å². The van der Waals surface area contributed by atoms with Crippen LogP contribution in [0.5, 0.6) is 0 Å². The van der Waals surface area contributed by atoms with Crippen LogP contribution >= 0.6 is 0 Å². The van der Waals surface area contributed by atoms with E-state index >= 15 is 0 Å². The Hall–Kier alpha value is 0.778. The molecule has 2 aliphatic rings. The molecule has 0 aromatic carbocycles. The van der Waals surface area contributed by atoms with Gasteiger partial charge in [0, 0.05) is 0 Å². The number of rotatable bonds is 0. The van der Waals surface area contributed by atoms with Crippen molar-refractivity contribution >= 4 is 80.0 Å². The van der Waals surface area contributed by atoms with E-state index in [-0.39, 0.29) is 0 Å². The third kappa shape index (κ3) is 2.08. The molecule has 2 aliphatic carbocycles. The van der Waals surface area contributed by atoms with Gasteiger partial charge in [0.1, 0.15) is 0 Å². The van der Waals surface area contributed by atoms with E-state index in [0.717, 1.165) is 0 Å². The van der Waals surface area contributed by atoms with Crippen molar-refractivity contribution in [3.8, 4) is 0 Å². The van der Waals surface area contributed by atoms with E-state index in [1.54, 1.807) is 0 Å². The van der Waals surface area contributed by atoms with Crippen molar-refractivity contribution in [1.82, 2.24) is 0 Å². The summed E-state index contributed by atoms with van der Waals surface area (Å²) in [5.74, 6) is 0. The van der Waals surface area contributed by atoms with Gasteiger partial charge in [-0.2, -0.15) is 0 Å². The van der Waals surface area contributed by atoms with Crippen LogP contribution in [0.15, 0.2) is 33.4 Å². The standard InChI is InChI=1S/C14H12Se4/c1-5-6(2)8(4)9(7(5)3)10-11(15)13(17)14(18)12(10)16/h1-4H3. The summed E-state index contributed by atoms with van der Waals surface area (Å²) in [5.41, 5.74) is 8.29. The van der Waals surface area contributed by atoms with E-state index < -0.39 is 0 Å². The molecular formula is C14H12Se4. The molecular weight excluding hydrogens is 484 g/mol. The van der Waals surface area contributed by atoms with Crippen molar-refractivity contribution in [3.05, 3.63) is 33.4 Å². The first-order valence-electron chi connectivity index (χ1n) is 5.57. The van der Waals surface area contributed by atoms with Crippen LogP contribution in [0.4, 0.5) is 0 Å². The van der Waals surface area contributed by atoms with E-state index in [1.807, 2.05) is 0 Å². The van der Waals surface area contributed by atoms with Gasteiger partial charge in [-0.1, -0.05) is 0 Å². The SMILES string of the molecule is CC1=C(C)C(=C2C(=[Se])C(=[Se])C(=[Se])C2=[Se])C(C)=C1C. The third-order valence-corrected chi connectivity index (χ3v) is 9.15. The molecule has 4 heteroatoms. The molecule has 1 saturated carbocycles. The van der Waals surface area contributed by atoms with Gasteiger partial charge < -0.3 is 0 Å². The number of allylic oxidation sites excluding steroid dienone is 6. The van der Waals surface area contributed by atoms with Crippen LogP contribution in [0.25, 0.3) is 0 Å². The Labute approximate surface area is 140 Å². The molecule has 0 bridgehead atoms. The van der Waals surface area contributed by atoms with E-state index in [9.17, 15) is 0 Å². The number of hydrogen-bond donors (Lipinski definition) is 0. The molecule has 0 aromatic heterocycles. The van der Waals surface area contributed by atoms with Crippen LogP contribution in [-0.4, -0.2) is 80.0 Å². The zero-order valence-electron chi connectivity index (χ0n) is 10.6. The van der Waals surface area contributed by atoms with Crippen molar-refractivity contribution < 1.29 is 0 Å². The van der Waals surface area contributed by atoms with Gasteiger partial charge in [-0.25, -0.2) is 0 Å². The molecule has 0 unspecified atom stereocenters. The normalized spacial score (nSPS) is 21.1. The minimum absolute atomic E-state index is 1.19. The van der Waals surface area contributed by atoms with Gasteiger partial charge in [-0.3, -0.25) is 0 Å². The molecule has 2 rings (SSSR count). The van der Waals surface area contributed by atoms with Crippen molar-refractivity contribution in [2.75, 3.05) is 0 Å². The van der Waals surface area contributed by atoms with E-state index in [0.29, 0.717) is 0 Å². The molecule has 0 atom stereocenters. The first kappa shape index (κ1) is 15.2. The fraction of sp³-hybridized carbons (Fsp3) is 0.286. The first-order valence-corrected chi connectivity index (χ1v) is 8.99. The summed E-state index contributed by atoms with van der Waals surface area (Å²) in [6, 6.07) is 0. The van der Waals surface area contributed by atoms with E-state index in [2.05, 4.69) is 90.0 Å². The van der Waals surface area contributed by atoms with Crippen LogP contribution in [0.3, 0.4) is 0 Å². The molecule has 0 N–H and O–H groups in total. The Bertz CT molecular complexity index is 585. The molecule has 0 nitrogen and oxygen atoms in total. The second-order valence-corrected chi connectivity index (χ2v) is 7.99. The summed E-state index contributed by atoms with van der Waals surface area (Å²) >= 11 is 12.7. The van der Waals surface area contributed by atoms with Crippen molar-refractivity contribution in [2.24, 2.45) is 0 Å². The van der Waals surface area contributed by atoms with Crippen molar-refractivity contribution in [1.29, 1.82) is 0 Å². The Morgan fingerprint density at radius 2 is 0.778 bits per heavy atom. The van der Waals surface area contributed by atoms with Crippen LogP contribution in [0.2, 0.25) is 0 Å². The molecule has 18 heavy (non-hydrogen) atoms. The maximum absolute atomic E-state index is 3.21. The predicted molar refractivity (Wildman–Crippen MR) is 86.8 cm³/mol. The Kier molecular flexibility index (Phi) is 4.45. The Balaban J connectivity index is 2.80. The molecule has 0 heterocycles. The van der Waals surface area contributed by atoms with E-state index in [1.165, 1.54) is 51.1 Å². The Morgan fingerprint density at radius 3 is 1.11 bits per heavy atom. The van der Waals surface area contributed by atoms with Gasteiger partial charge >= 0.3 is 141 Å². The summed E-state index contributed by atoms with van der Waals surface area (Å²) in [4.78, 5) is 0. The zero-order chi connectivity index (χ0) is 13.8. The molecule has 0 saturated heterocycles. The fourth-order valence-electron chi connectivity index (χ4n) is 2.36. The average molecular weight is 496 g/mol. The summed E-state index contributed by atoms with van der Waals surface area (Å²) in [6.07, 6.45) is 0. The van der Waals surface area contributed by atoms with Crippen LogP contribution < -0.4 is 0 Å². The average Bonchev–Trinajstić information content (AvgIpc) is 2.64. The summed E-state index contributed by atoms with van der Waals surface area (Å²) in [6.45, 7) is 8.85. The molecule has 0 aliphatic heterocycles. The molecule has 0 aromatic rings. The molecule has 0 amide bonds. The quantitative estimate of drug-likeness (QED) is 0.425. The van der Waals surface area contributed by atoms with Crippen LogP contribution in [0, 0.1) is 0 Å². The molecule has 1 fully saturated rings. The van der Waals surface area contributed by atoms with Gasteiger partial charge in [0.2, 0.25) is 0 Å². The topological polar surface area (TPSA) is 0 Å². The molecule has 0 spiro atoms. The third-order valence-electron chi connectivity index (χ3n) is 3.76. The van der Waals surface area contributed by atoms with Gasteiger partial charge in [-0.15, -0.1) is 0 Å². The number of hydrogen-bond acceptors (Lipinski definition) is 0. The van der Waals surface area contributed by atoms with E-state index in [4.69, 9.17) is 0 Å². The van der Waals surface area contributed by atoms with Crippen molar-refractivity contribution in [3.63, 3.8) is 0 Å². The first-order chi connectivity index (χ1) is 8.29. The summed E-state index contributed by atoms with van der Waals surface area (Å²) < 4.78 is 4.81. The summed E-state index contributed by atoms with van der Waals surface area (Å²) in [7, 11) is 0. The van der Waals surface area contributed by atoms with Crippen molar-refractivity contribution in [2.45, 2.75) is 27.7 Å². The molecule has 0 radical (unpaired) electrons. The maximum atomic E-state index is 3.21. The monoisotopic (exact) mass is 500 g/mol. The minimum atomic E-state index is 1.19. The second-order valence-electron chi connectivity index (χ2n) is 4.57. The van der Waals surface area contributed by atoms with Crippen LogP contribution in [0.1, 0.15) is 27.7 Å². The predicted octanol–water partition coefficient (Wildman–Crippen LogP) is 0.347. The zero-order valence-corrected chi connectivity index (χ0v) is 17.5.